The molecule has 0 radical (unpaired) electrons. The number of rotatable bonds is 2. The van der Waals surface area contributed by atoms with Gasteiger partial charge in [-0.25, -0.2) is 0 Å². The topological polar surface area (TPSA) is 0 Å². The van der Waals surface area contributed by atoms with Crippen LogP contribution >= 0.6 is 0 Å². The number of halogens is 2. The van der Waals surface area contributed by atoms with Gasteiger partial charge in [0.1, 0.15) is 0 Å². The minimum atomic E-state index is 0. The fourth-order valence-corrected chi connectivity index (χ4v) is 3.02. The van der Waals surface area contributed by atoms with Gasteiger partial charge >= 0.3 is 28.4 Å². The maximum absolute atomic E-state index is 3.34. The molecular weight excluding hydrogens is 462 g/mol. The molecule has 0 saturated carbocycles. The van der Waals surface area contributed by atoms with Gasteiger partial charge in [0.15, 0.2) is 0 Å². The van der Waals surface area contributed by atoms with Crippen molar-refractivity contribution in [2.75, 3.05) is 0 Å². The first kappa shape index (κ1) is 27.0. The molecule has 0 aliphatic rings. The van der Waals surface area contributed by atoms with E-state index < -0.39 is 0 Å². The second-order valence-corrected chi connectivity index (χ2v) is 7.14. The summed E-state index contributed by atoms with van der Waals surface area (Å²) in [7, 11) is 0. The number of benzene rings is 2. The minimum absolute atomic E-state index is 0. The van der Waals surface area contributed by atoms with Crippen LogP contribution in [0.3, 0.4) is 0 Å². The van der Waals surface area contributed by atoms with Crippen molar-refractivity contribution < 1.29 is 49.0 Å². The van der Waals surface area contributed by atoms with Crippen LogP contribution in [0.15, 0.2) is 72.8 Å². The molecule has 0 bridgehead atoms. The van der Waals surface area contributed by atoms with Crippen molar-refractivity contribution in [2.24, 2.45) is 0 Å². The second kappa shape index (κ2) is 13.3. The van der Waals surface area contributed by atoms with E-state index in [0.29, 0.717) is 11.8 Å². The zero-order valence-electron chi connectivity index (χ0n) is 17.0. The molecule has 4 rings (SSSR count). The van der Waals surface area contributed by atoms with Crippen molar-refractivity contribution >= 4 is 25.8 Å². The van der Waals surface area contributed by atoms with Gasteiger partial charge in [-0.15, -0.1) is 81.2 Å². The third kappa shape index (κ3) is 7.11. The largest absolute Gasteiger partial charge is 1.00 e. The summed E-state index contributed by atoms with van der Waals surface area (Å²) in [6.07, 6.45) is 0. The molecule has 0 aliphatic carbocycles. The van der Waals surface area contributed by atoms with E-state index in [4.69, 9.17) is 0 Å². The number of hydrogen-bond donors (Lipinski definition) is 0. The Morgan fingerprint density at radius 3 is 1.25 bits per heavy atom. The van der Waals surface area contributed by atoms with E-state index in [1.165, 1.54) is 56.9 Å². The Hall–Kier alpha value is -1.01. The Balaban J connectivity index is 0.000000449. The molecule has 28 heavy (non-hydrogen) atoms. The van der Waals surface area contributed by atoms with Crippen LogP contribution in [-0.2, 0) is 24.2 Å². The molecule has 0 fully saturated rings. The predicted octanol–water partition coefficient (Wildman–Crippen LogP) is 1.34. The molecule has 148 valence electrons. The van der Waals surface area contributed by atoms with Crippen LogP contribution in [-0.4, -0.2) is 4.21 Å². The Morgan fingerprint density at radius 2 is 0.964 bits per heavy atom. The van der Waals surface area contributed by atoms with Crippen molar-refractivity contribution in [1.29, 1.82) is 0 Å². The second-order valence-electron chi connectivity index (χ2n) is 7.14. The van der Waals surface area contributed by atoms with E-state index in [-0.39, 0.29) is 24.8 Å². The third-order valence-electron chi connectivity index (χ3n) is 4.61. The van der Waals surface area contributed by atoms with Crippen LogP contribution in [0.1, 0.15) is 50.7 Å². The summed E-state index contributed by atoms with van der Waals surface area (Å²) in [4.78, 5) is 0. The van der Waals surface area contributed by atoms with Gasteiger partial charge in [0, 0.05) is 0 Å². The molecule has 3 heteroatoms. The van der Waals surface area contributed by atoms with Crippen LogP contribution in [0, 0.1) is 0 Å². The van der Waals surface area contributed by atoms with Crippen molar-refractivity contribution in [3.8, 4) is 0 Å². The summed E-state index contributed by atoms with van der Waals surface area (Å²) in [6.45, 7) is 8.92. The number of hydrogen-bond acceptors (Lipinski definition) is 0. The van der Waals surface area contributed by atoms with E-state index in [1.807, 2.05) is 0 Å². The van der Waals surface area contributed by atoms with Gasteiger partial charge in [0.25, 0.3) is 0 Å². The monoisotopic (exact) mass is 488 g/mol. The van der Waals surface area contributed by atoms with Gasteiger partial charge in [-0.05, 0) is 11.8 Å². The molecule has 4 aromatic rings. The summed E-state index contributed by atoms with van der Waals surface area (Å²) >= 11 is 1.30. The van der Waals surface area contributed by atoms with Crippen LogP contribution in [0.5, 0.6) is 0 Å². The quantitative estimate of drug-likeness (QED) is 0.372. The molecule has 0 aromatic heterocycles. The minimum Gasteiger partial charge on any atom is -1.00 e. The van der Waals surface area contributed by atoms with Gasteiger partial charge in [-0.2, -0.15) is 12.1 Å². The van der Waals surface area contributed by atoms with E-state index in [9.17, 15) is 0 Å². The molecule has 0 unspecified atom stereocenters. The van der Waals surface area contributed by atoms with Gasteiger partial charge in [-0.1, -0.05) is 39.8 Å². The fraction of sp³-hybridized carbons (Fsp3) is 0.240. The smallest absolute Gasteiger partial charge is 1.00 e. The van der Waals surface area contributed by atoms with Gasteiger partial charge in [0.2, 0.25) is 0 Å². The van der Waals surface area contributed by atoms with E-state index in [2.05, 4.69) is 105 Å². The summed E-state index contributed by atoms with van der Waals surface area (Å²) in [5.74, 6) is 1.27. The SMILES string of the molecule is CC(C)c1cc2ccccc2[cH-]1.CC(C)c1cc2ccccc2[cH-]1.[CH2]=[Zr+2].[Cl-].[Cl-]. The maximum atomic E-state index is 3.34. The first-order chi connectivity index (χ1) is 12.5. The van der Waals surface area contributed by atoms with Gasteiger partial charge < -0.3 is 24.8 Å². The summed E-state index contributed by atoms with van der Waals surface area (Å²) in [5.41, 5.74) is 2.88. The molecule has 0 aliphatic heterocycles. The third-order valence-corrected chi connectivity index (χ3v) is 4.61. The van der Waals surface area contributed by atoms with Crippen molar-refractivity contribution in [2.45, 2.75) is 39.5 Å². The first-order valence-corrected chi connectivity index (χ1v) is 10.9. The normalized spacial score (nSPS) is 9.86. The summed E-state index contributed by atoms with van der Waals surface area (Å²) in [5, 5.41) is 5.45. The average Bonchev–Trinajstić information content (AvgIpc) is 3.28. The zero-order valence-corrected chi connectivity index (χ0v) is 21.0. The molecule has 0 N–H and O–H groups in total. The Bertz CT molecular complexity index is 803. The van der Waals surface area contributed by atoms with Crippen molar-refractivity contribution in [3.05, 3.63) is 83.9 Å². The molecule has 0 spiro atoms. The fourth-order valence-electron chi connectivity index (χ4n) is 3.02. The van der Waals surface area contributed by atoms with Crippen LogP contribution < -0.4 is 24.8 Å². The average molecular weight is 491 g/mol. The molecule has 4 aromatic carbocycles. The maximum Gasteiger partial charge on any atom is -1.00 e. The Labute approximate surface area is 197 Å². The van der Waals surface area contributed by atoms with Crippen LogP contribution in [0.4, 0.5) is 0 Å². The molecule has 0 saturated heterocycles. The van der Waals surface area contributed by atoms with Crippen LogP contribution in [0.2, 0.25) is 0 Å². The molecule has 0 heterocycles. The first-order valence-electron chi connectivity index (χ1n) is 9.20. The molecular formula is C25H28Cl2Zr-2. The van der Waals surface area contributed by atoms with E-state index >= 15 is 0 Å². The van der Waals surface area contributed by atoms with Crippen LogP contribution in [0.25, 0.3) is 21.5 Å². The van der Waals surface area contributed by atoms with Crippen molar-refractivity contribution in [3.63, 3.8) is 0 Å². The molecule has 0 amide bonds. The summed E-state index contributed by atoms with van der Waals surface area (Å²) in [6, 6.07) is 26.1. The zero-order chi connectivity index (χ0) is 19.1. The predicted molar refractivity (Wildman–Crippen MR) is 114 cm³/mol. The molecule has 0 nitrogen and oxygen atoms in total. The van der Waals surface area contributed by atoms with E-state index in [0.717, 1.165) is 0 Å². The summed E-state index contributed by atoms with van der Waals surface area (Å²) < 4.78 is 3.34. The van der Waals surface area contributed by atoms with E-state index in [1.54, 1.807) is 0 Å². The van der Waals surface area contributed by atoms with Gasteiger partial charge in [0.05, 0.1) is 0 Å². The van der Waals surface area contributed by atoms with Crippen molar-refractivity contribution in [1.82, 2.24) is 0 Å². The molecule has 0 atom stereocenters. The Morgan fingerprint density at radius 1 is 0.643 bits per heavy atom. The Kier molecular flexibility index (Phi) is 12.8. The number of fused-ring (bicyclic) bond motifs is 2. The van der Waals surface area contributed by atoms with Gasteiger partial charge in [-0.3, -0.25) is 0 Å². The standard InChI is InChI=1S/2C12H13.CH2.2ClH.Zr/c2*1-9(2)12-7-10-5-3-4-6-11(10)8-12;;;;/h2*3-9H,1-2H3;1H2;2*1H;/q2*-1;;;;+2/p-2.